The molecule has 14 heavy (non-hydrogen) atoms. The number of aryl methyl sites for hydroxylation is 1. The average molecular weight is 211 g/mol. The summed E-state index contributed by atoms with van der Waals surface area (Å²) in [7, 11) is 0. The number of rotatable bonds is 1. The first-order chi connectivity index (χ1) is 6.66. The van der Waals surface area contributed by atoms with Crippen molar-refractivity contribution in [1.82, 2.24) is 4.98 Å². The lowest BCUT2D eigenvalue weighted by Crippen LogP contribution is -2.24. The topological polar surface area (TPSA) is 33.2 Å². The average Bonchev–Trinajstić information content (AvgIpc) is 2.47. The molecule has 1 amide bonds. The van der Waals surface area contributed by atoms with Crippen molar-refractivity contribution in [2.24, 2.45) is 0 Å². The SMILES string of the molecule is Cc1ccc(N2CC(Cl)CC2=O)cn1. The van der Waals surface area contributed by atoms with E-state index in [2.05, 4.69) is 4.98 Å². The second-order valence-electron chi connectivity index (χ2n) is 3.46. The number of carbonyl (C=O) groups is 1. The molecule has 0 radical (unpaired) electrons. The van der Waals surface area contributed by atoms with Gasteiger partial charge in [-0.1, -0.05) is 0 Å². The van der Waals surface area contributed by atoms with E-state index >= 15 is 0 Å². The molecule has 0 N–H and O–H groups in total. The molecule has 0 spiro atoms. The van der Waals surface area contributed by atoms with Gasteiger partial charge in [-0.3, -0.25) is 9.78 Å². The van der Waals surface area contributed by atoms with Crippen LogP contribution in [0.1, 0.15) is 12.1 Å². The van der Waals surface area contributed by atoms with Crippen molar-refractivity contribution in [2.45, 2.75) is 18.7 Å². The molecular weight excluding hydrogens is 200 g/mol. The number of hydrogen-bond acceptors (Lipinski definition) is 2. The second-order valence-corrected chi connectivity index (χ2v) is 4.08. The van der Waals surface area contributed by atoms with E-state index in [-0.39, 0.29) is 11.3 Å². The van der Waals surface area contributed by atoms with E-state index in [0.717, 1.165) is 11.4 Å². The molecule has 0 saturated carbocycles. The summed E-state index contributed by atoms with van der Waals surface area (Å²) in [5, 5.41) is -0.0659. The van der Waals surface area contributed by atoms with Gasteiger partial charge in [-0.25, -0.2) is 0 Å². The minimum absolute atomic E-state index is 0.0659. The van der Waals surface area contributed by atoms with Gasteiger partial charge in [0.2, 0.25) is 5.91 Å². The first kappa shape index (κ1) is 9.46. The summed E-state index contributed by atoms with van der Waals surface area (Å²) in [6, 6.07) is 3.79. The first-order valence-corrected chi connectivity index (χ1v) is 4.97. The predicted molar refractivity (Wildman–Crippen MR) is 55.6 cm³/mol. The minimum atomic E-state index is -0.0659. The molecule has 0 aliphatic carbocycles. The molecule has 0 bridgehead atoms. The van der Waals surface area contributed by atoms with Crippen LogP contribution < -0.4 is 4.90 Å². The summed E-state index contributed by atoms with van der Waals surface area (Å²) in [4.78, 5) is 17.3. The predicted octanol–water partition coefficient (Wildman–Crippen LogP) is 1.73. The summed E-state index contributed by atoms with van der Waals surface area (Å²) in [6.45, 7) is 2.51. The van der Waals surface area contributed by atoms with Gasteiger partial charge in [-0.05, 0) is 19.1 Å². The van der Waals surface area contributed by atoms with Gasteiger partial charge in [0.15, 0.2) is 0 Å². The standard InChI is InChI=1S/C10H11ClN2O/c1-7-2-3-9(5-12-7)13-6-8(11)4-10(13)14/h2-3,5,8H,4,6H2,1H3. The fraction of sp³-hybridized carbons (Fsp3) is 0.400. The molecule has 4 heteroatoms. The Balaban J connectivity index is 2.23. The maximum absolute atomic E-state index is 11.5. The van der Waals surface area contributed by atoms with Crippen LogP contribution in [0, 0.1) is 6.92 Å². The van der Waals surface area contributed by atoms with Crippen LogP contribution >= 0.6 is 11.6 Å². The number of alkyl halides is 1. The third-order valence-corrected chi connectivity index (χ3v) is 2.58. The van der Waals surface area contributed by atoms with E-state index in [9.17, 15) is 4.79 Å². The number of amides is 1. The molecule has 1 unspecified atom stereocenters. The van der Waals surface area contributed by atoms with E-state index in [0.29, 0.717) is 13.0 Å². The number of carbonyl (C=O) groups excluding carboxylic acids is 1. The molecule has 2 heterocycles. The quantitative estimate of drug-likeness (QED) is 0.662. The highest BCUT2D eigenvalue weighted by atomic mass is 35.5. The van der Waals surface area contributed by atoms with E-state index in [1.165, 1.54) is 0 Å². The third-order valence-electron chi connectivity index (χ3n) is 2.29. The summed E-state index contributed by atoms with van der Waals surface area (Å²) in [5.41, 5.74) is 1.78. The van der Waals surface area contributed by atoms with Crippen molar-refractivity contribution in [3.63, 3.8) is 0 Å². The third kappa shape index (κ3) is 1.73. The van der Waals surface area contributed by atoms with Gasteiger partial charge in [-0.2, -0.15) is 0 Å². The van der Waals surface area contributed by atoms with E-state index < -0.39 is 0 Å². The van der Waals surface area contributed by atoms with Crippen LogP contribution in [-0.4, -0.2) is 22.8 Å². The van der Waals surface area contributed by atoms with Crippen LogP contribution in [0.3, 0.4) is 0 Å². The van der Waals surface area contributed by atoms with Crippen LogP contribution in [-0.2, 0) is 4.79 Å². The summed E-state index contributed by atoms with van der Waals surface area (Å²) < 4.78 is 0. The minimum Gasteiger partial charge on any atom is -0.309 e. The fourth-order valence-electron chi connectivity index (χ4n) is 1.53. The van der Waals surface area contributed by atoms with Crippen molar-refractivity contribution in [3.8, 4) is 0 Å². The van der Waals surface area contributed by atoms with Crippen LogP contribution in [0.15, 0.2) is 18.3 Å². The zero-order chi connectivity index (χ0) is 10.1. The Labute approximate surface area is 87.7 Å². The monoisotopic (exact) mass is 210 g/mol. The van der Waals surface area contributed by atoms with E-state index in [1.807, 2.05) is 19.1 Å². The molecule has 1 aromatic heterocycles. The van der Waals surface area contributed by atoms with Crippen LogP contribution in [0.25, 0.3) is 0 Å². The van der Waals surface area contributed by atoms with Crippen LogP contribution in [0.5, 0.6) is 0 Å². The molecule has 1 aliphatic heterocycles. The van der Waals surface area contributed by atoms with Crippen molar-refractivity contribution in [3.05, 3.63) is 24.0 Å². The Bertz CT molecular complexity index is 350. The van der Waals surface area contributed by atoms with E-state index in [4.69, 9.17) is 11.6 Å². The Hall–Kier alpha value is -1.09. The highest BCUT2D eigenvalue weighted by Gasteiger charge is 2.28. The highest BCUT2D eigenvalue weighted by molar-refractivity contribution is 6.24. The number of nitrogens with zero attached hydrogens (tertiary/aromatic N) is 2. The lowest BCUT2D eigenvalue weighted by Gasteiger charge is -2.15. The maximum atomic E-state index is 11.5. The smallest absolute Gasteiger partial charge is 0.228 e. The van der Waals surface area contributed by atoms with Gasteiger partial charge in [0, 0.05) is 18.7 Å². The number of pyridine rings is 1. The number of halogens is 1. The normalized spacial score (nSPS) is 21.7. The first-order valence-electron chi connectivity index (χ1n) is 4.54. The van der Waals surface area contributed by atoms with Crippen molar-refractivity contribution < 1.29 is 4.79 Å². The summed E-state index contributed by atoms with van der Waals surface area (Å²) >= 11 is 5.90. The Morgan fingerprint density at radius 1 is 1.57 bits per heavy atom. The van der Waals surface area contributed by atoms with Crippen molar-refractivity contribution in [2.75, 3.05) is 11.4 Å². The lowest BCUT2D eigenvalue weighted by molar-refractivity contribution is -0.117. The van der Waals surface area contributed by atoms with Gasteiger partial charge in [0.25, 0.3) is 0 Å². The highest BCUT2D eigenvalue weighted by Crippen LogP contribution is 2.23. The Kier molecular flexibility index (Phi) is 2.42. The van der Waals surface area contributed by atoms with Crippen LogP contribution in [0.4, 0.5) is 5.69 Å². The molecule has 3 nitrogen and oxygen atoms in total. The van der Waals surface area contributed by atoms with Crippen LogP contribution in [0.2, 0.25) is 0 Å². The molecule has 1 aromatic rings. The molecule has 0 aromatic carbocycles. The summed E-state index contributed by atoms with van der Waals surface area (Å²) in [5.74, 6) is 0.0793. The molecule has 2 rings (SSSR count). The molecule has 1 aliphatic rings. The van der Waals surface area contributed by atoms with Crippen molar-refractivity contribution >= 4 is 23.2 Å². The molecule has 1 fully saturated rings. The lowest BCUT2D eigenvalue weighted by atomic mass is 10.3. The largest absolute Gasteiger partial charge is 0.309 e. The van der Waals surface area contributed by atoms with E-state index in [1.54, 1.807) is 11.1 Å². The van der Waals surface area contributed by atoms with Gasteiger partial charge in [-0.15, -0.1) is 11.6 Å². The molecule has 74 valence electrons. The number of anilines is 1. The number of aromatic nitrogens is 1. The maximum Gasteiger partial charge on any atom is 0.228 e. The molecular formula is C10H11ClN2O. The van der Waals surface area contributed by atoms with Gasteiger partial charge in [0.05, 0.1) is 17.3 Å². The summed E-state index contributed by atoms with van der Waals surface area (Å²) in [6.07, 6.45) is 2.14. The zero-order valence-corrected chi connectivity index (χ0v) is 8.66. The Morgan fingerprint density at radius 2 is 2.36 bits per heavy atom. The molecule has 1 atom stereocenters. The second kappa shape index (κ2) is 3.58. The zero-order valence-electron chi connectivity index (χ0n) is 7.90. The van der Waals surface area contributed by atoms with Gasteiger partial charge in [0.1, 0.15) is 0 Å². The van der Waals surface area contributed by atoms with Crippen molar-refractivity contribution in [1.29, 1.82) is 0 Å². The Morgan fingerprint density at radius 3 is 2.86 bits per heavy atom. The van der Waals surface area contributed by atoms with Gasteiger partial charge < -0.3 is 4.90 Å². The van der Waals surface area contributed by atoms with Gasteiger partial charge >= 0.3 is 0 Å². The number of hydrogen-bond donors (Lipinski definition) is 0. The fourth-order valence-corrected chi connectivity index (χ4v) is 1.80. The molecule has 1 saturated heterocycles.